The van der Waals surface area contributed by atoms with Crippen LogP contribution in [0.4, 0.5) is 4.79 Å². The lowest BCUT2D eigenvalue weighted by atomic mass is 9.99. The number of imide groups is 1. The summed E-state index contributed by atoms with van der Waals surface area (Å²) in [5.41, 5.74) is 0.494. The van der Waals surface area contributed by atoms with Crippen molar-refractivity contribution >= 4 is 17.9 Å². The van der Waals surface area contributed by atoms with Gasteiger partial charge in [0.05, 0.1) is 0 Å². The van der Waals surface area contributed by atoms with E-state index in [1.807, 2.05) is 32.0 Å². The monoisotopic (exact) mass is 387 g/mol. The number of rotatable bonds is 9. The van der Waals surface area contributed by atoms with E-state index in [1.165, 1.54) is 10.5 Å². The number of aliphatic imine (C=N–C) groups is 1. The Bertz CT molecular complexity index is 691. The summed E-state index contributed by atoms with van der Waals surface area (Å²) >= 11 is 0. The number of hydrogen-bond donors (Lipinski definition) is 3. The van der Waals surface area contributed by atoms with Crippen molar-refractivity contribution in [2.24, 2.45) is 4.99 Å². The number of urea groups is 1. The summed E-state index contributed by atoms with van der Waals surface area (Å²) in [6, 6.07) is 10.0. The molecule has 2 unspecified atom stereocenters. The summed E-state index contributed by atoms with van der Waals surface area (Å²) in [5, 5.41) is 9.30. The largest absolute Gasteiger partial charge is 0.357 e. The normalized spacial score (nSPS) is 20.9. The standard InChI is InChI=1S/C21H33N5O2/c1-5-21(4)18(27)26(20(28)25-21)14-10-13-23-19(22-6-2)24-15-16(3)17-11-8-7-9-12-17/h7-9,11-12,16H,5-6,10,13-15H2,1-4H3,(H,25,28)(H2,22,23,24). The van der Waals surface area contributed by atoms with E-state index < -0.39 is 5.54 Å². The van der Waals surface area contributed by atoms with Crippen molar-refractivity contribution in [3.63, 3.8) is 0 Å². The summed E-state index contributed by atoms with van der Waals surface area (Å²) in [5.74, 6) is 0.937. The van der Waals surface area contributed by atoms with E-state index in [9.17, 15) is 9.59 Å². The fraction of sp³-hybridized carbons (Fsp3) is 0.571. The maximum absolute atomic E-state index is 12.4. The molecule has 154 valence electrons. The van der Waals surface area contributed by atoms with Crippen molar-refractivity contribution in [1.82, 2.24) is 20.9 Å². The van der Waals surface area contributed by atoms with Crippen molar-refractivity contribution < 1.29 is 9.59 Å². The Morgan fingerprint density at radius 1 is 1.21 bits per heavy atom. The number of carbonyl (C=O) groups is 2. The van der Waals surface area contributed by atoms with Gasteiger partial charge in [0.15, 0.2) is 5.96 Å². The van der Waals surface area contributed by atoms with Crippen molar-refractivity contribution in [1.29, 1.82) is 0 Å². The molecule has 0 bridgehead atoms. The molecule has 1 aliphatic rings. The van der Waals surface area contributed by atoms with Crippen molar-refractivity contribution in [3.8, 4) is 0 Å². The zero-order valence-electron chi connectivity index (χ0n) is 17.4. The molecule has 1 aliphatic heterocycles. The summed E-state index contributed by atoms with van der Waals surface area (Å²) in [4.78, 5) is 30.4. The Kier molecular flexibility index (Phi) is 7.84. The zero-order chi connectivity index (χ0) is 20.6. The molecule has 7 nitrogen and oxygen atoms in total. The average Bonchev–Trinajstić information content (AvgIpc) is 2.92. The van der Waals surface area contributed by atoms with Gasteiger partial charge < -0.3 is 16.0 Å². The minimum absolute atomic E-state index is 0.141. The first kappa shape index (κ1) is 21.7. The molecule has 0 spiro atoms. The smallest absolute Gasteiger partial charge is 0.325 e. The third kappa shape index (κ3) is 5.47. The molecule has 1 aromatic rings. The Balaban J connectivity index is 1.81. The molecule has 2 atom stereocenters. The summed E-state index contributed by atoms with van der Waals surface area (Å²) in [7, 11) is 0. The Hall–Kier alpha value is -2.57. The van der Waals surface area contributed by atoms with Crippen LogP contribution in [0.15, 0.2) is 35.3 Å². The molecule has 0 aliphatic carbocycles. The van der Waals surface area contributed by atoms with Crippen LogP contribution in [0.25, 0.3) is 0 Å². The molecule has 3 N–H and O–H groups in total. The summed E-state index contributed by atoms with van der Waals surface area (Å²) in [6.07, 6.45) is 1.25. The minimum Gasteiger partial charge on any atom is -0.357 e. The second-order valence-corrected chi connectivity index (χ2v) is 7.38. The van der Waals surface area contributed by atoms with Gasteiger partial charge in [0.1, 0.15) is 5.54 Å². The first-order valence-corrected chi connectivity index (χ1v) is 10.1. The predicted octanol–water partition coefficient (Wildman–Crippen LogP) is 2.46. The van der Waals surface area contributed by atoms with Crippen molar-refractivity contribution in [2.45, 2.75) is 52.0 Å². The third-order valence-electron chi connectivity index (χ3n) is 5.14. The first-order chi connectivity index (χ1) is 13.4. The molecule has 28 heavy (non-hydrogen) atoms. The van der Waals surface area contributed by atoms with Crippen LogP contribution in [0.2, 0.25) is 0 Å². The molecule has 3 amide bonds. The highest BCUT2D eigenvalue weighted by Gasteiger charge is 2.45. The van der Waals surface area contributed by atoms with Gasteiger partial charge in [-0.05, 0) is 32.3 Å². The second-order valence-electron chi connectivity index (χ2n) is 7.38. The van der Waals surface area contributed by atoms with Gasteiger partial charge in [0, 0.05) is 32.1 Å². The summed E-state index contributed by atoms with van der Waals surface area (Å²) in [6.45, 7) is 10.3. The lowest BCUT2D eigenvalue weighted by Gasteiger charge is -2.19. The molecular weight excluding hydrogens is 354 g/mol. The number of carbonyl (C=O) groups excluding carboxylic acids is 2. The number of nitrogens with one attached hydrogen (secondary N) is 3. The van der Waals surface area contributed by atoms with Gasteiger partial charge in [-0.25, -0.2) is 4.79 Å². The van der Waals surface area contributed by atoms with Gasteiger partial charge in [-0.1, -0.05) is 44.2 Å². The predicted molar refractivity (Wildman–Crippen MR) is 112 cm³/mol. The molecule has 1 aromatic carbocycles. The molecule has 1 heterocycles. The van der Waals surface area contributed by atoms with E-state index in [-0.39, 0.29) is 11.9 Å². The van der Waals surface area contributed by atoms with Gasteiger partial charge in [0.2, 0.25) is 0 Å². The highest BCUT2D eigenvalue weighted by molar-refractivity contribution is 6.06. The fourth-order valence-corrected chi connectivity index (χ4v) is 3.09. The Labute approximate surface area is 168 Å². The van der Waals surface area contributed by atoms with Gasteiger partial charge >= 0.3 is 6.03 Å². The lowest BCUT2D eigenvalue weighted by molar-refractivity contribution is -0.130. The van der Waals surface area contributed by atoms with Gasteiger partial charge in [-0.3, -0.25) is 14.7 Å². The van der Waals surface area contributed by atoms with E-state index >= 15 is 0 Å². The lowest BCUT2D eigenvalue weighted by Crippen LogP contribution is -2.43. The molecular formula is C21H33N5O2. The molecule has 1 fully saturated rings. The quantitative estimate of drug-likeness (QED) is 0.263. The van der Waals surface area contributed by atoms with Crippen LogP contribution in [0, 0.1) is 0 Å². The van der Waals surface area contributed by atoms with E-state index in [1.54, 1.807) is 6.92 Å². The SMILES string of the molecule is CCNC(=NCC(C)c1ccccc1)NCCCN1C(=O)NC(C)(CC)C1=O. The van der Waals surface area contributed by atoms with Gasteiger partial charge in [0.25, 0.3) is 5.91 Å². The van der Waals surface area contributed by atoms with Crippen LogP contribution in [0.5, 0.6) is 0 Å². The van der Waals surface area contributed by atoms with Crippen molar-refractivity contribution in [3.05, 3.63) is 35.9 Å². The average molecular weight is 388 g/mol. The van der Waals surface area contributed by atoms with Gasteiger partial charge in [-0.15, -0.1) is 0 Å². The van der Waals surface area contributed by atoms with Gasteiger partial charge in [-0.2, -0.15) is 0 Å². The number of nitrogens with zero attached hydrogens (tertiary/aromatic N) is 2. The number of benzene rings is 1. The number of hydrogen-bond acceptors (Lipinski definition) is 3. The van der Waals surface area contributed by atoms with Crippen LogP contribution in [0.1, 0.15) is 52.0 Å². The Morgan fingerprint density at radius 3 is 2.54 bits per heavy atom. The maximum atomic E-state index is 12.4. The highest BCUT2D eigenvalue weighted by Crippen LogP contribution is 2.20. The van der Waals surface area contributed by atoms with E-state index in [2.05, 4.69) is 40.0 Å². The van der Waals surface area contributed by atoms with Crippen LogP contribution in [-0.4, -0.2) is 54.5 Å². The third-order valence-corrected chi connectivity index (χ3v) is 5.14. The van der Waals surface area contributed by atoms with Crippen LogP contribution in [0.3, 0.4) is 0 Å². The topological polar surface area (TPSA) is 85.8 Å². The van der Waals surface area contributed by atoms with Crippen LogP contribution in [-0.2, 0) is 4.79 Å². The zero-order valence-corrected chi connectivity index (χ0v) is 17.4. The molecule has 0 aromatic heterocycles. The van der Waals surface area contributed by atoms with Crippen LogP contribution < -0.4 is 16.0 Å². The molecule has 0 radical (unpaired) electrons. The highest BCUT2D eigenvalue weighted by atomic mass is 16.2. The maximum Gasteiger partial charge on any atom is 0.325 e. The first-order valence-electron chi connectivity index (χ1n) is 10.1. The number of guanidine groups is 1. The summed E-state index contributed by atoms with van der Waals surface area (Å²) < 4.78 is 0. The second kappa shape index (κ2) is 10.1. The molecule has 2 rings (SSSR count). The fourth-order valence-electron chi connectivity index (χ4n) is 3.09. The van der Waals surface area contributed by atoms with E-state index in [0.29, 0.717) is 38.4 Å². The molecule has 1 saturated heterocycles. The minimum atomic E-state index is -0.769. The van der Waals surface area contributed by atoms with E-state index in [0.717, 1.165) is 12.5 Å². The Morgan fingerprint density at radius 2 is 1.93 bits per heavy atom. The molecule has 0 saturated carbocycles. The van der Waals surface area contributed by atoms with Crippen molar-refractivity contribution in [2.75, 3.05) is 26.2 Å². The van der Waals surface area contributed by atoms with Crippen LogP contribution >= 0.6 is 0 Å². The molecule has 7 heteroatoms. The number of amides is 3. The van der Waals surface area contributed by atoms with E-state index in [4.69, 9.17) is 0 Å².